The minimum absolute atomic E-state index is 0.184. The van der Waals surface area contributed by atoms with Gasteiger partial charge in [0.05, 0.1) is 24.0 Å². The van der Waals surface area contributed by atoms with E-state index in [2.05, 4.69) is 10.4 Å². The second-order valence-electron chi connectivity index (χ2n) is 7.65. The Bertz CT molecular complexity index is 1310. The number of hydrogen-bond acceptors (Lipinski definition) is 5. The number of amides is 2. The zero-order valence-corrected chi connectivity index (χ0v) is 18.8. The van der Waals surface area contributed by atoms with Crippen LogP contribution < -0.4 is 10.1 Å². The van der Waals surface area contributed by atoms with Gasteiger partial charge in [-0.2, -0.15) is 5.10 Å². The lowest BCUT2D eigenvalue weighted by molar-refractivity contribution is 0.0827. The van der Waals surface area contributed by atoms with Crippen LogP contribution in [0.25, 0.3) is 17.1 Å². The van der Waals surface area contributed by atoms with Crippen LogP contribution in [0.2, 0.25) is 0 Å². The number of hydrogen-bond donors (Lipinski definition) is 1. The van der Waals surface area contributed by atoms with Crippen molar-refractivity contribution in [2.75, 3.05) is 26.5 Å². The first-order valence-corrected chi connectivity index (χ1v) is 10.3. The number of nitrogens with one attached hydrogen (secondary N) is 1. The molecular formula is C25H24N4O4. The van der Waals surface area contributed by atoms with Gasteiger partial charge in [0, 0.05) is 25.9 Å². The molecule has 0 atom stereocenters. The number of carbonyl (C=O) groups is 2. The number of furan rings is 1. The number of aryl methyl sites for hydroxylation is 1. The van der Waals surface area contributed by atoms with Gasteiger partial charge in [-0.25, -0.2) is 4.68 Å². The summed E-state index contributed by atoms with van der Waals surface area (Å²) in [5.41, 5.74) is 2.34. The molecule has 8 nitrogen and oxygen atoms in total. The van der Waals surface area contributed by atoms with Crippen LogP contribution in [0.1, 0.15) is 26.5 Å². The predicted molar refractivity (Wildman–Crippen MR) is 125 cm³/mol. The summed E-state index contributed by atoms with van der Waals surface area (Å²) in [5.74, 6) is 1.04. The van der Waals surface area contributed by atoms with Gasteiger partial charge in [-0.15, -0.1) is 0 Å². The van der Waals surface area contributed by atoms with Crippen molar-refractivity contribution in [1.29, 1.82) is 0 Å². The molecule has 2 amide bonds. The van der Waals surface area contributed by atoms with Crippen LogP contribution in [0.4, 0.5) is 5.69 Å². The first-order chi connectivity index (χ1) is 15.9. The van der Waals surface area contributed by atoms with Crippen LogP contribution in [-0.4, -0.2) is 47.7 Å². The van der Waals surface area contributed by atoms with Crippen LogP contribution in [0.5, 0.6) is 5.75 Å². The van der Waals surface area contributed by atoms with E-state index < -0.39 is 5.91 Å². The predicted octanol–water partition coefficient (Wildman–Crippen LogP) is 4.40. The van der Waals surface area contributed by atoms with E-state index in [1.165, 1.54) is 12.0 Å². The molecule has 0 saturated carbocycles. The lowest BCUT2D eigenvalue weighted by Gasteiger charge is -2.14. The summed E-state index contributed by atoms with van der Waals surface area (Å²) in [6.07, 6.45) is 1.65. The minimum atomic E-state index is -0.408. The van der Waals surface area contributed by atoms with Crippen molar-refractivity contribution < 1.29 is 18.7 Å². The molecule has 0 aliphatic heterocycles. The van der Waals surface area contributed by atoms with Gasteiger partial charge in [0.25, 0.3) is 11.8 Å². The third-order valence-electron chi connectivity index (χ3n) is 5.05. The molecule has 168 valence electrons. The maximum Gasteiger partial charge on any atom is 0.259 e. The summed E-state index contributed by atoms with van der Waals surface area (Å²) in [6.45, 7) is 1.83. The Morgan fingerprint density at radius 3 is 2.45 bits per heavy atom. The van der Waals surface area contributed by atoms with Crippen molar-refractivity contribution in [3.8, 4) is 22.9 Å². The maximum atomic E-state index is 13.4. The van der Waals surface area contributed by atoms with E-state index in [0.717, 1.165) is 5.69 Å². The van der Waals surface area contributed by atoms with Crippen molar-refractivity contribution >= 4 is 17.5 Å². The number of ether oxygens (including phenoxy) is 1. The first kappa shape index (κ1) is 21.9. The summed E-state index contributed by atoms with van der Waals surface area (Å²) >= 11 is 0. The molecule has 2 aromatic heterocycles. The van der Waals surface area contributed by atoms with Crippen molar-refractivity contribution in [3.63, 3.8) is 0 Å². The van der Waals surface area contributed by atoms with Crippen molar-refractivity contribution in [1.82, 2.24) is 14.7 Å². The molecule has 0 fully saturated rings. The molecule has 4 aromatic rings. The third-order valence-corrected chi connectivity index (χ3v) is 5.05. The highest BCUT2D eigenvalue weighted by atomic mass is 16.5. The number of methoxy groups -OCH3 is 1. The lowest BCUT2D eigenvalue weighted by atomic mass is 10.1. The van der Waals surface area contributed by atoms with Crippen LogP contribution in [0, 0.1) is 6.92 Å². The average molecular weight is 444 g/mol. The number of nitrogens with zero attached hydrogens (tertiary/aromatic N) is 3. The topological polar surface area (TPSA) is 89.6 Å². The Kier molecular flexibility index (Phi) is 5.99. The number of para-hydroxylation sites is 1. The molecule has 33 heavy (non-hydrogen) atoms. The quantitative estimate of drug-likeness (QED) is 0.476. The molecule has 0 spiro atoms. The van der Waals surface area contributed by atoms with Crippen LogP contribution in [0.15, 0.2) is 71.3 Å². The van der Waals surface area contributed by atoms with Crippen LogP contribution >= 0.6 is 0 Å². The highest BCUT2D eigenvalue weighted by molar-refractivity contribution is 6.09. The van der Waals surface area contributed by atoms with E-state index in [0.29, 0.717) is 39.8 Å². The fourth-order valence-electron chi connectivity index (χ4n) is 3.38. The van der Waals surface area contributed by atoms with Gasteiger partial charge < -0.3 is 19.4 Å². The Morgan fingerprint density at radius 2 is 1.82 bits per heavy atom. The SMILES string of the molecule is COc1ccc(C(=O)N(C)C)cc1NC(=O)c1cn(-c2ccccc2)nc1-c1ccc(C)o1. The van der Waals surface area contributed by atoms with Gasteiger partial charge in [0.1, 0.15) is 17.2 Å². The second kappa shape index (κ2) is 9.04. The highest BCUT2D eigenvalue weighted by Crippen LogP contribution is 2.30. The normalized spacial score (nSPS) is 10.7. The van der Waals surface area contributed by atoms with Gasteiger partial charge in [0.2, 0.25) is 0 Å². The molecule has 8 heteroatoms. The Hall–Kier alpha value is -4.33. The minimum Gasteiger partial charge on any atom is -0.495 e. The number of anilines is 1. The second-order valence-corrected chi connectivity index (χ2v) is 7.65. The fraction of sp³-hybridized carbons (Fsp3) is 0.160. The number of carbonyl (C=O) groups excluding carboxylic acids is 2. The molecule has 0 aliphatic carbocycles. The van der Waals surface area contributed by atoms with E-state index in [1.807, 2.05) is 43.3 Å². The Balaban J connectivity index is 1.75. The molecule has 0 radical (unpaired) electrons. The zero-order chi connectivity index (χ0) is 23.5. The summed E-state index contributed by atoms with van der Waals surface area (Å²) < 4.78 is 12.8. The molecule has 0 unspecified atom stereocenters. The largest absolute Gasteiger partial charge is 0.495 e. The van der Waals surface area contributed by atoms with Crippen LogP contribution in [-0.2, 0) is 0 Å². The van der Waals surface area contributed by atoms with E-state index >= 15 is 0 Å². The average Bonchev–Trinajstić information content (AvgIpc) is 3.45. The molecule has 2 heterocycles. The van der Waals surface area contributed by atoms with Gasteiger partial charge in [-0.1, -0.05) is 18.2 Å². The van der Waals surface area contributed by atoms with Gasteiger partial charge in [0.15, 0.2) is 5.76 Å². The number of rotatable bonds is 6. The smallest absolute Gasteiger partial charge is 0.259 e. The number of aromatic nitrogens is 2. The van der Waals surface area contributed by atoms with Crippen molar-refractivity contribution in [2.24, 2.45) is 0 Å². The van der Waals surface area contributed by atoms with Gasteiger partial charge >= 0.3 is 0 Å². The summed E-state index contributed by atoms with van der Waals surface area (Å²) in [6, 6.07) is 18.0. The van der Waals surface area contributed by atoms with E-state index in [1.54, 1.807) is 49.2 Å². The zero-order valence-electron chi connectivity index (χ0n) is 18.8. The lowest BCUT2D eigenvalue weighted by Crippen LogP contribution is -2.22. The van der Waals surface area contributed by atoms with Crippen LogP contribution in [0.3, 0.4) is 0 Å². The molecule has 2 aromatic carbocycles. The van der Waals surface area contributed by atoms with E-state index in [9.17, 15) is 9.59 Å². The van der Waals surface area contributed by atoms with Gasteiger partial charge in [-0.3, -0.25) is 9.59 Å². The Morgan fingerprint density at radius 1 is 1.06 bits per heavy atom. The van der Waals surface area contributed by atoms with E-state index in [-0.39, 0.29) is 5.91 Å². The fourth-order valence-corrected chi connectivity index (χ4v) is 3.38. The molecule has 0 aliphatic rings. The van der Waals surface area contributed by atoms with E-state index in [4.69, 9.17) is 9.15 Å². The monoisotopic (exact) mass is 444 g/mol. The summed E-state index contributed by atoms with van der Waals surface area (Å²) in [4.78, 5) is 27.3. The molecule has 0 saturated heterocycles. The molecule has 1 N–H and O–H groups in total. The molecule has 0 bridgehead atoms. The number of benzene rings is 2. The Labute approximate surface area is 191 Å². The van der Waals surface area contributed by atoms with Crippen molar-refractivity contribution in [2.45, 2.75) is 6.92 Å². The van der Waals surface area contributed by atoms with Gasteiger partial charge in [-0.05, 0) is 49.4 Å². The third kappa shape index (κ3) is 4.50. The van der Waals surface area contributed by atoms with Crippen molar-refractivity contribution in [3.05, 3.63) is 83.7 Å². The molecule has 4 rings (SSSR count). The first-order valence-electron chi connectivity index (χ1n) is 10.3. The maximum absolute atomic E-state index is 13.4. The molecular weight excluding hydrogens is 420 g/mol. The summed E-state index contributed by atoms with van der Waals surface area (Å²) in [5, 5.41) is 7.47. The standard InChI is InChI=1S/C25H24N4O4/c1-16-10-12-22(33-16)23-19(15-29(27-23)18-8-6-5-7-9-18)24(30)26-20-14-17(25(31)28(2)3)11-13-21(20)32-4/h5-15H,1-4H3,(H,26,30). The summed E-state index contributed by atoms with van der Waals surface area (Å²) in [7, 11) is 4.84. The highest BCUT2D eigenvalue weighted by Gasteiger charge is 2.22.